The van der Waals surface area contributed by atoms with Crippen LogP contribution in [-0.2, 0) is 16.0 Å². The number of hydrogen-bond donors (Lipinski definition) is 3. The van der Waals surface area contributed by atoms with E-state index in [1.165, 1.54) is 5.56 Å². The predicted octanol–water partition coefficient (Wildman–Crippen LogP) is 4.33. The zero-order valence-corrected chi connectivity index (χ0v) is 17.5. The first-order valence-corrected chi connectivity index (χ1v) is 10.4. The Kier molecular flexibility index (Phi) is 9.08. The highest BCUT2D eigenvalue weighted by atomic mass is 32.1. The zero-order valence-electron chi connectivity index (χ0n) is 16.6. The summed E-state index contributed by atoms with van der Waals surface area (Å²) in [5.41, 5.74) is 1.92. The monoisotopic (exact) mass is 398 g/mol. The number of para-hydroxylation sites is 1. The maximum atomic E-state index is 12.8. The number of aryl methyl sites for hydroxylation is 1. The molecule has 2 rings (SSSR count). The van der Waals surface area contributed by atoms with Crippen molar-refractivity contribution in [1.29, 1.82) is 0 Å². The topological polar surface area (TPSA) is 58.2 Å². The van der Waals surface area contributed by atoms with Gasteiger partial charge in [-0.3, -0.25) is 9.59 Å². The highest BCUT2D eigenvalue weighted by molar-refractivity contribution is 7.80. The van der Waals surface area contributed by atoms with Gasteiger partial charge in [0.25, 0.3) is 0 Å². The molecule has 0 aromatic heterocycles. The lowest BCUT2D eigenvalue weighted by atomic mass is 9.98. The van der Waals surface area contributed by atoms with Gasteiger partial charge in [0.1, 0.15) is 6.04 Å². The van der Waals surface area contributed by atoms with Crippen molar-refractivity contribution in [2.24, 2.45) is 11.8 Å². The second-order valence-corrected chi connectivity index (χ2v) is 7.81. The van der Waals surface area contributed by atoms with Gasteiger partial charge in [0, 0.05) is 17.4 Å². The van der Waals surface area contributed by atoms with Crippen molar-refractivity contribution in [3.63, 3.8) is 0 Å². The van der Waals surface area contributed by atoms with Crippen molar-refractivity contribution >= 4 is 30.1 Å². The van der Waals surface area contributed by atoms with Crippen LogP contribution < -0.4 is 10.6 Å². The Hall–Kier alpha value is -2.27. The van der Waals surface area contributed by atoms with E-state index >= 15 is 0 Å². The fraction of sp³-hybridized carbons (Fsp3) is 0.391. The van der Waals surface area contributed by atoms with Gasteiger partial charge in [0.2, 0.25) is 11.8 Å². The molecule has 0 saturated heterocycles. The van der Waals surface area contributed by atoms with Gasteiger partial charge in [-0.2, -0.15) is 12.6 Å². The van der Waals surface area contributed by atoms with Crippen molar-refractivity contribution in [2.45, 2.75) is 39.2 Å². The second kappa shape index (κ2) is 11.5. The van der Waals surface area contributed by atoms with E-state index in [1.807, 2.05) is 62.4 Å². The van der Waals surface area contributed by atoms with E-state index in [-0.39, 0.29) is 23.7 Å². The SMILES string of the molecule is CC(C)C[C@H](NC(=O)[C@@H](CS)CCc1ccccc1)C(=O)Nc1ccccc1. The summed E-state index contributed by atoms with van der Waals surface area (Å²) in [5, 5.41) is 5.85. The molecule has 0 saturated carbocycles. The molecule has 0 unspecified atom stereocenters. The maximum Gasteiger partial charge on any atom is 0.246 e. The molecule has 0 fully saturated rings. The molecule has 2 aromatic carbocycles. The van der Waals surface area contributed by atoms with Crippen LogP contribution in [-0.4, -0.2) is 23.6 Å². The molecule has 2 aromatic rings. The summed E-state index contributed by atoms with van der Waals surface area (Å²) in [7, 11) is 0. The number of nitrogens with one attached hydrogen (secondary N) is 2. The van der Waals surface area contributed by atoms with E-state index in [0.29, 0.717) is 18.6 Å². The molecule has 2 atom stereocenters. The Morgan fingerprint density at radius 1 is 0.929 bits per heavy atom. The fourth-order valence-electron chi connectivity index (χ4n) is 3.03. The predicted molar refractivity (Wildman–Crippen MR) is 119 cm³/mol. The highest BCUT2D eigenvalue weighted by Gasteiger charge is 2.25. The average molecular weight is 399 g/mol. The zero-order chi connectivity index (χ0) is 20.4. The van der Waals surface area contributed by atoms with E-state index < -0.39 is 6.04 Å². The number of benzene rings is 2. The minimum atomic E-state index is -0.563. The largest absolute Gasteiger partial charge is 0.344 e. The lowest BCUT2D eigenvalue weighted by Gasteiger charge is -2.23. The molecule has 150 valence electrons. The molecule has 0 aliphatic carbocycles. The summed E-state index contributed by atoms with van der Waals surface area (Å²) in [6.07, 6.45) is 2.10. The van der Waals surface area contributed by atoms with E-state index in [2.05, 4.69) is 35.4 Å². The Morgan fingerprint density at radius 2 is 1.54 bits per heavy atom. The van der Waals surface area contributed by atoms with Gasteiger partial charge in [0.15, 0.2) is 0 Å². The van der Waals surface area contributed by atoms with Crippen LogP contribution in [0.4, 0.5) is 5.69 Å². The maximum absolute atomic E-state index is 12.8. The van der Waals surface area contributed by atoms with Gasteiger partial charge in [-0.25, -0.2) is 0 Å². The molecule has 5 heteroatoms. The van der Waals surface area contributed by atoms with Crippen molar-refractivity contribution < 1.29 is 9.59 Å². The van der Waals surface area contributed by atoms with Crippen molar-refractivity contribution in [1.82, 2.24) is 5.32 Å². The van der Waals surface area contributed by atoms with Crippen LogP contribution in [0.2, 0.25) is 0 Å². The summed E-state index contributed by atoms with van der Waals surface area (Å²) >= 11 is 4.36. The number of carbonyl (C=O) groups excluding carboxylic acids is 2. The summed E-state index contributed by atoms with van der Waals surface area (Å²) in [5.74, 6) is 0.204. The number of hydrogen-bond acceptors (Lipinski definition) is 3. The van der Waals surface area contributed by atoms with Gasteiger partial charge >= 0.3 is 0 Å². The third kappa shape index (κ3) is 7.39. The van der Waals surface area contributed by atoms with E-state index in [1.54, 1.807) is 0 Å². The number of carbonyl (C=O) groups is 2. The minimum absolute atomic E-state index is 0.111. The number of anilines is 1. The van der Waals surface area contributed by atoms with Gasteiger partial charge in [-0.15, -0.1) is 0 Å². The van der Waals surface area contributed by atoms with Crippen molar-refractivity contribution in [3.05, 3.63) is 66.2 Å². The normalized spacial score (nSPS) is 13.0. The molecule has 4 nitrogen and oxygen atoms in total. The van der Waals surface area contributed by atoms with Gasteiger partial charge in [-0.05, 0) is 42.9 Å². The number of amides is 2. The third-order valence-electron chi connectivity index (χ3n) is 4.60. The smallest absolute Gasteiger partial charge is 0.246 e. The number of thiol groups is 1. The molecule has 0 spiro atoms. The molecule has 2 amide bonds. The molecule has 28 heavy (non-hydrogen) atoms. The van der Waals surface area contributed by atoms with Crippen LogP contribution in [0, 0.1) is 11.8 Å². The van der Waals surface area contributed by atoms with E-state index in [4.69, 9.17) is 0 Å². The summed E-state index contributed by atoms with van der Waals surface area (Å²) in [6, 6.07) is 18.8. The van der Waals surface area contributed by atoms with Crippen molar-refractivity contribution in [3.8, 4) is 0 Å². The van der Waals surface area contributed by atoms with Crippen LogP contribution in [0.5, 0.6) is 0 Å². The van der Waals surface area contributed by atoms with Crippen LogP contribution in [0.1, 0.15) is 32.3 Å². The lowest BCUT2D eigenvalue weighted by Crippen LogP contribution is -2.47. The molecule has 0 aliphatic rings. The quantitative estimate of drug-likeness (QED) is 0.522. The molecule has 0 bridgehead atoms. The first-order chi connectivity index (χ1) is 13.5. The first-order valence-electron chi connectivity index (χ1n) is 9.80. The second-order valence-electron chi connectivity index (χ2n) is 7.45. The lowest BCUT2D eigenvalue weighted by molar-refractivity contribution is -0.129. The van der Waals surface area contributed by atoms with Crippen LogP contribution >= 0.6 is 12.6 Å². The van der Waals surface area contributed by atoms with Crippen LogP contribution in [0.25, 0.3) is 0 Å². The van der Waals surface area contributed by atoms with E-state index in [9.17, 15) is 9.59 Å². The fourth-order valence-corrected chi connectivity index (χ4v) is 3.38. The average Bonchev–Trinajstić information content (AvgIpc) is 2.69. The summed E-state index contributed by atoms with van der Waals surface area (Å²) in [6.45, 7) is 4.08. The van der Waals surface area contributed by atoms with E-state index in [0.717, 1.165) is 12.1 Å². The Bertz CT molecular complexity index is 735. The van der Waals surface area contributed by atoms with Crippen molar-refractivity contribution in [2.75, 3.05) is 11.1 Å². The first kappa shape index (κ1) is 22.0. The third-order valence-corrected chi connectivity index (χ3v) is 5.04. The molecule has 2 N–H and O–H groups in total. The molecule has 0 heterocycles. The highest BCUT2D eigenvalue weighted by Crippen LogP contribution is 2.15. The van der Waals surface area contributed by atoms with Crippen LogP contribution in [0.15, 0.2) is 60.7 Å². The van der Waals surface area contributed by atoms with Gasteiger partial charge in [-0.1, -0.05) is 62.4 Å². The molecular formula is C23H30N2O2S. The number of rotatable bonds is 10. The van der Waals surface area contributed by atoms with Crippen LogP contribution in [0.3, 0.4) is 0 Å². The summed E-state index contributed by atoms with van der Waals surface area (Å²) < 4.78 is 0. The Balaban J connectivity index is 1.98. The molecule has 0 radical (unpaired) electrons. The minimum Gasteiger partial charge on any atom is -0.344 e. The van der Waals surface area contributed by atoms with Gasteiger partial charge < -0.3 is 10.6 Å². The Morgan fingerprint density at radius 3 is 2.11 bits per heavy atom. The Labute approximate surface area is 173 Å². The molecule has 0 aliphatic heterocycles. The van der Waals surface area contributed by atoms with Gasteiger partial charge in [0.05, 0.1) is 0 Å². The molecular weight excluding hydrogens is 368 g/mol. The standard InChI is InChI=1S/C23H30N2O2S/c1-17(2)15-21(23(27)24-20-11-7-4-8-12-20)25-22(26)19(16-28)14-13-18-9-5-3-6-10-18/h3-12,17,19,21,28H,13-16H2,1-2H3,(H,24,27)(H,25,26)/t19-,21+/m1/s1. The summed E-state index contributed by atoms with van der Waals surface area (Å²) in [4.78, 5) is 25.5.